The molecule has 0 bridgehead atoms. The number of para-hydroxylation sites is 1. The molecule has 0 saturated carbocycles. The average molecular weight is 498 g/mol. The fraction of sp³-hybridized carbons (Fsp3) is 0.320. The van der Waals surface area contributed by atoms with Crippen molar-refractivity contribution in [2.75, 3.05) is 25.0 Å². The molecule has 3 amide bonds. The summed E-state index contributed by atoms with van der Waals surface area (Å²) in [4.78, 5) is 40.4. The smallest absolute Gasteiger partial charge is 0.319 e. The van der Waals surface area contributed by atoms with Crippen molar-refractivity contribution in [3.8, 4) is 5.75 Å². The summed E-state index contributed by atoms with van der Waals surface area (Å²) >= 11 is 7.70. The highest BCUT2D eigenvalue weighted by molar-refractivity contribution is 7.23. The molecule has 0 aliphatic carbocycles. The minimum atomic E-state index is -0.662. The summed E-state index contributed by atoms with van der Waals surface area (Å²) in [5.41, 5.74) is 0.351. The third-order valence-electron chi connectivity index (χ3n) is 6.40. The number of benzene rings is 2. The van der Waals surface area contributed by atoms with E-state index >= 15 is 0 Å². The van der Waals surface area contributed by atoms with Crippen LogP contribution in [0.5, 0.6) is 5.75 Å². The number of nitrogens with one attached hydrogen (secondary N) is 2. The number of anilines is 1. The van der Waals surface area contributed by atoms with E-state index in [2.05, 4.69) is 10.6 Å². The van der Waals surface area contributed by atoms with Crippen molar-refractivity contribution in [2.45, 2.75) is 31.8 Å². The van der Waals surface area contributed by atoms with E-state index in [0.717, 1.165) is 10.1 Å². The van der Waals surface area contributed by atoms with Gasteiger partial charge < -0.3 is 15.0 Å². The fourth-order valence-electron chi connectivity index (χ4n) is 4.68. The predicted molar refractivity (Wildman–Crippen MR) is 133 cm³/mol. The SMILES string of the molecule is CCNC(=O)Nc1sc2ccccc2c1C(=O)N1CCC2(CC1)CC(=O)c1cccc(Cl)c1O2. The summed E-state index contributed by atoms with van der Waals surface area (Å²) in [6, 6.07) is 12.5. The Morgan fingerprint density at radius 2 is 1.91 bits per heavy atom. The van der Waals surface area contributed by atoms with Crippen molar-refractivity contribution in [1.82, 2.24) is 10.2 Å². The number of nitrogens with zero attached hydrogens (tertiary/aromatic N) is 1. The van der Waals surface area contributed by atoms with Gasteiger partial charge in [0.15, 0.2) is 5.78 Å². The van der Waals surface area contributed by atoms with Gasteiger partial charge in [0.25, 0.3) is 5.91 Å². The Labute approximate surface area is 206 Å². The molecule has 1 fully saturated rings. The molecule has 0 unspecified atom stereocenters. The molecular weight excluding hydrogens is 474 g/mol. The molecule has 1 saturated heterocycles. The number of Topliss-reactive ketones (excluding diaryl/α,β-unsaturated/α-hetero) is 1. The Balaban J connectivity index is 1.38. The summed E-state index contributed by atoms with van der Waals surface area (Å²) in [6.45, 7) is 3.21. The average Bonchev–Trinajstić information content (AvgIpc) is 3.18. The molecule has 5 rings (SSSR count). The Hall–Kier alpha value is -3.10. The first kappa shape index (κ1) is 22.7. The van der Waals surface area contributed by atoms with E-state index in [1.165, 1.54) is 11.3 Å². The van der Waals surface area contributed by atoms with Crippen molar-refractivity contribution in [2.24, 2.45) is 0 Å². The molecular formula is C25H24ClN3O4S. The highest BCUT2D eigenvalue weighted by Gasteiger charge is 2.44. The van der Waals surface area contributed by atoms with Crippen LogP contribution in [0.1, 0.15) is 46.9 Å². The molecule has 9 heteroatoms. The second-order valence-electron chi connectivity index (χ2n) is 8.58. The maximum absolute atomic E-state index is 13.7. The number of ether oxygens (including phenoxy) is 1. The van der Waals surface area contributed by atoms with E-state index in [1.807, 2.05) is 31.2 Å². The number of hydrogen-bond acceptors (Lipinski definition) is 5. The van der Waals surface area contributed by atoms with E-state index in [4.69, 9.17) is 16.3 Å². The lowest BCUT2D eigenvalue weighted by atomic mass is 9.82. The number of ketones is 1. The number of hydrogen-bond donors (Lipinski definition) is 2. The van der Waals surface area contributed by atoms with Gasteiger partial charge in [0.2, 0.25) is 0 Å². The largest absolute Gasteiger partial charge is 0.484 e. The third-order valence-corrected chi connectivity index (χ3v) is 7.79. The van der Waals surface area contributed by atoms with Crippen LogP contribution in [0.25, 0.3) is 10.1 Å². The van der Waals surface area contributed by atoms with E-state index in [0.29, 0.717) is 59.4 Å². The molecule has 34 heavy (non-hydrogen) atoms. The standard InChI is InChI=1S/C25H24ClN3O4S/c1-2-27-24(32)28-22-20(16-6-3-4-9-19(16)34-22)23(31)29-12-10-25(11-13-29)14-18(30)15-7-5-8-17(26)21(15)33-25/h3-9H,2,10-14H2,1H3,(H2,27,28,32). The van der Waals surface area contributed by atoms with Crippen LogP contribution in [0.15, 0.2) is 42.5 Å². The van der Waals surface area contributed by atoms with Crippen LogP contribution in [0.4, 0.5) is 9.80 Å². The number of carbonyl (C=O) groups is 3. The predicted octanol–water partition coefficient (Wildman–Crippen LogP) is 5.34. The molecule has 1 aromatic heterocycles. The minimum absolute atomic E-state index is 0.0146. The first-order valence-corrected chi connectivity index (χ1v) is 12.5. The van der Waals surface area contributed by atoms with Crippen molar-refractivity contribution in [3.63, 3.8) is 0 Å². The van der Waals surface area contributed by atoms with Gasteiger partial charge >= 0.3 is 6.03 Å². The number of likely N-dealkylation sites (tertiary alicyclic amines) is 1. The van der Waals surface area contributed by atoms with Gasteiger partial charge in [0, 0.05) is 42.6 Å². The number of halogens is 1. The van der Waals surface area contributed by atoms with Gasteiger partial charge in [-0.1, -0.05) is 35.9 Å². The number of fused-ring (bicyclic) bond motifs is 2. The summed E-state index contributed by atoms with van der Waals surface area (Å²) in [5.74, 6) is 0.317. The maximum atomic E-state index is 13.7. The molecule has 176 valence electrons. The van der Waals surface area contributed by atoms with Crippen LogP contribution in [0.2, 0.25) is 5.02 Å². The number of urea groups is 1. The third kappa shape index (κ3) is 4.01. The molecule has 2 aromatic carbocycles. The maximum Gasteiger partial charge on any atom is 0.319 e. The molecule has 1 spiro atoms. The Morgan fingerprint density at radius 3 is 2.68 bits per heavy atom. The zero-order valence-corrected chi connectivity index (χ0v) is 20.2. The van der Waals surface area contributed by atoms with Gasteiger partial charge in [-0.25, -0.2) is 4.79 Å². The van der Waals surface area contributed by atoms with E-state index in [-0.39, 0.29) is 24.1 Å². The van der Waals surface area contributed by atoms with Gasteiger partial charge in [-0.05, 0) is 25.1 Å². The number of rotatable bonds is 3. The molecule has 2 aliphatic heterocycles. The van der Waals surface area contributed by atoms with Crippen LogP contribution < -0.4 is 15.4 Å². The van der Waals surface area contributed by atoms with Crippen molar-refractivity contribution in [3.05, 3.63) is 58.6 Å². The Morgan fingerprint density at radius 1 is 1.15 bits per heavy atom. The molecule has 0 radical (unpaired) electrons. The lowest BCUT2D eigenvalue weighted by Crippen LogP contribution is -2.52. The number of carbonyl (C=O) groups excluding carboxylic acids is 3. The monoisotopic (exact) mass is 497 g/mol. The molecule has 3 aromatic rings. The van der Waals surface area contributed by atoms with Crippen LogP contribution in [-0.4, -0.2) is 47.9 Å². The number of thiophene rings is 1. The highest BCUT2D eigenvalue weighted by atomic mass is 35.5. The summed E-state index contributed by atoms with van der Waals surface area (Å²) in [7, 11) is 0. The quantitative estimate of drug-likeness (QED) is 0.511. The zero-order chi connectivity index (χ0) is 23.9. The van der Waals surface area contributed by atoms with Crippen LogP contribution in [-0.2, 0) is 0 Å². The Bertz CT molecular complexity index is 1300. The van der Waals surface area contributed by atoms with Crippen molar-refractivity contribution >= 4 is 55.7 Å². The van der Waals surface area contributed by atoms with E-state index < -0.39 is 5.60 Å². The zero-order valence-electron chi connectivity index (χ0n) is 18.7. The molecule has 0 atom stereocenters. The van der Waals surface area contributed by atoms with Crippen molar-refractivity contribution in [1.29, 1.82) is 0 Å². The lowest BCUT2D eigenvalue weighted by molar-refractivity contribution is -0.00556. The fourth-order valence-corrected chi connectivity index (χ4v) is 5.98. The van der Waals surface area contributed by atoms with Gasteiger partial charge in [0.05, 0.1) is 22.6 Å². The number of amides is 3. The second kappa shape index (κ2) is 8.92. The first-order valence-electron chi connectivity index (χ1n) is 11.3. The van der Waals surface area contributed by atoms with Gasteiger partial charge in [0.1, 0.15) is 16.4 Å². The van der Waals surface area contributed by atoms with E-state index in [9.17, 15) is 14.4 Å². The van der Waals surface area contributed by atoms with Crippen molar-refractivity contribution < 1.29 is 19.1 Å². The molecule has 7 nitrogen and oxygen atoms in total. The summed E-state index contributed by atoms with van der Waals surface area (Å²) in [6.07, 6.45) is 1.32. The van der Waals surface area contributed by atoms with Gasteiger partial charge in [-0.2, -0.15) is 0 Å². The lowest BCUT2D eigenvalue weighted by Gasteiger charge is -2.44. The molecule has 2 aliphatic rings. The van der Waals surface area contributed by atoms with E-state index in [1.54, 1.807) is 23.1 Å². The molecule has 2 N–H and O–H groups in total. The number of piperidine rings is 1. The first-order chi connectivity index (χ1) is 16.4. The van der Waals surface area contributed by atoms with Gasteiger partial charge in [-0.3, -0.25) is 14.9 Å². The second-order valence-corrected chi connectivity index (χ2v) is 10.0. The Kier molecular flexibility index (Phi) is 5.95. The minimum Gasteiger partial charge on any atom is -0.484 e. The summed E-state index contributed by atoms with van der Waals surface area (Å²) < 4.78 is 7.23. The highest BCUT2D eigenvalue weighted by Crippen LogP contribution is 2.43. The molecule has 3 heterocycles. The van der Waals surface area contributed by atoms with Crippen LogP contribution >= 0.6 is 22.9 Å². The normalized spacial score (nSPS) is 16.8. The van der Waals surface area contributed by atoms with Crippen LogP contribution in [0, 0.1) is 0 Å². The van der Waals surface area contributed by atoms with Crippen LogP contribution in [0.3, 0.4) is 0 Å². The summed E-state index contributed by atoms with van der Waals surface area (Å²) in [5, 5.41) is 7.32. The topological polar surface area (TPSA) is 87.7 Å². The van der Waals surface area contributed by atoms with Gasteiger partial charge in [-0.15, -0.1) is 11.3 Å².